The summed E-state index contributed by atoms with van der Waals surface area (Å²) in [6.07, 6.45) is 3.90. The predicted octanol–water partition coefficient (Wildman–Crippen LogP) is 2.05. The Labute approximate surface area is 162 Å². The minimum atomic E-state index is -0.582. The highest BCUT2D eigenvalue weighted by Gasteiger charge is 2.18. The van der Waals surface area contributed by atoms with Crippen LogP contribution in [0.1, 0.15) is 17.3 Å². The van der Waals surface area contributed by atoms with Gasteiger partial charge in [0.2, 0.25) is 0 Å². The molecule has 0 aromatic carbocycles. The zero-order chi connectivity index (χ0) is 20.0. The second-order valence-corrected chi connectivity index (χ2v) is 7.06. The summed E-state index contributed by atoms with van der Waals surface area (Å²) in [6.45, 7) is 1.69. The highest BCUT2D eigenvalue weighted by molar-refractivity contribution is 8.15. The van der Waals surface area contributed by atoms with Gasteiger partial charge in [-0.3, -0.25) is 9.17 Å². The van der Waals surface area contributed by atoms with Gasteiger partial charge in [-0.1, -0.05) is 11.5 Å². The van der Waals surface area contributed by atoms with Crippen molar-refractivity contribution in [3.8, 4) is 0 Å². The van der Waals surface area contributed by atoms with Crippen molar-refractivity contribution < 1.29 is 28.7 Å². The van der Waals surface area contributed by atoms with Crippen molar-refractivity contribution in [2.45, 2.75) is 11.1 Å². The highest BCUT2D eigenvalue weighted by Crippen LogP contribution is 2.22. The summed E-state index contributed by atoms with van der Waals surface area (Å²) in [5.41, 5.74) is 0.282. The summed E-state index contributed by atoms with van der Waals surface area (Å²) >= 11 is 7.97. The molecule has 1 N–H and O–H groups in total. The zero-order valence-corrected chi connectivity index (χ0v) is 17.4. The van der Waals surface area contributed by atoms with Crippen molar-refractivity contribution in [1.82, 2.24) is 4.37 Å². The molecule has 140 valence electrons. The molecule has 0 bridgehead atoms. The number of methoxy groups -OCH3 is 2. The van der Waals surface area contributed by atoms with Gasteiger partial charge in [-0.25, -0.2) is 9.59 Å². The van der Waals surface area contributed by atoms with Gasteiger partial charge < -0.3 is 9.47 Å². The van der Waals surface area contributed by atoms with Crippen LogP contribution < -0.4 is 5.56 Å². The minimum Gasteiger partial charge on any atom is -0.466 e. The fraction of sp³-hybridized carbons (Fsp3) is 0.385. The summed E-state index contributed by atoms with van der Waals surface area (Å²) in [5.74, 6) is -0.902. The molecule has 1 heterocycles. The first-order valence-corrected chi connectivity index (χ1v) is 9.82. The van der Waals surface area contributed by atoms with E-state index < -0.39 is 5.97 Å². The summed E-state index contributed by atoms with van der Waals surface area (Å²) in [5, 5.41) is 0. The van der Waals surface area contributed by atoms with Crippen LogP contribution in [-0.2, 0) is 23.9 Å². The molecule has 25 heavy (non-hydrogen) atoms. The maximum atomic E-state index is 11.0. The number of H-pyrrole nitrogens is 1. The number of ether oxygens (including phenoxy) is 2. The van der Waals surface area contributed by atoms with Gasteiger partial charge in [0, 0.05) is 4.24 Å². The molecule has 0 amide bonds. The van der Waals surface area contributed by atoms with Crippen molar-refractivity contribution >= 4 is 65.8 Å². The summed E-state index contributed by atoms with van der Waals surface area (Å²) < 4.78 is 12.8. The largest absolute Gasteiger partial charge is 0.466 e. The SMILES string of the molecule is COC(=O)/C(C)=C(/S)SC.COC(=O)c1c(SC)s[nH]c1=O.O=C=O. The van der Waals surface area contributed by atoms with Gasteiger partial charge in [-0.05, 0) is 19.4 Å². The molecular weight excluding hydrogens is 410 g/mol. The van der Waals surface area contributed by atoms with Crippen LogP contribution in [0.2, 0.25) is 0 Å². The maximum Gasteiger partial charge on any atom is 0.373 e. The second kappa shape index (κ2) is 14.8. The summed E-state index contributed by atoms with van der Waals surface area (Å²) in [6, 6.07) is 0. The quantitative estimate of drug-likeness (QED) is 0.322. The molecule has 0 fully saturated rings. The molecule has 0 saturated heterocycles. The maximum absolute atomic E-state index is 11.0. The van der Waals surface area contributed by atoms with Crippen molar-refractivity contribution in [3.05, 3.63) is 25.7 Å². The molecule has 1 rings (SSSR count). The Morgan fingerprint density at radius 3 is 2.08 bits per heavy atom. The summed E-state index contributed by atoms with van der Waals surface area (Å²) in [7, 11) is 2.61. The van der Waals surface area contributed by atoms with E-state index in [9.17, 15) is 14.4 Å². The normalized spacial score (nSPS) is 10.0. The number of aromatic nitrogens is 1. The van der Waals surface area contributed by atoms with E-state index in [4.69, 9.17) is 9.59 Å². The van der Waals surface area contributed by atoms with Gasteiger partial charge in [0.05, 0.1) is 24.0 Å². The van der Waals surface area contributed by atoms with E-state index in [1.54, 1.807) is 13.2 Å². The fourth-order valence-electron chi connectivity index (χ4n) is 1.10. The van der Waals surface area contributed by atoms with Crippen LogP contribution in [0.3, 0.4) is 0 Å². The Balaban J connectivity index is 0. The number of nitrogens with one attached hydrogen (secondary N) is 1. The van der Waals surface area contributed by atoms with Crippen LogP contribution in [-0.4, -0.2) is 49.2 Å². The van der Waals surface area contributed by atoms with E-state index in [0.717, 1.165) is 11.5 Å². The molecule has 0 atom stereocenters. The van der Waals surface area contributed by atoms with Crippen LogP contribution in [0.15, 0.2) is 18.8 Å². The fourth-order valence-corrected chi connectivity index (χ4v) is 2.99. The third kappa shape index (κ3) is 9.56. The summed E-state index contributed by atoms with van der Waals surface area (Å²) in [4.78, 5) is 49.1. The predicted molar refractivity (Wildman–Crippen MR) is 100 cm³/mol. The number of carbonyl (C=O) groups excluding carboxylic acids is 4. The Bertz CT molecular complexity index is 687. The molecule has 12 heteroatoms. The van der Waals surface area contributed by atoms with Gasteiger partial charge in [0.25, 0.3) is 5.56 Å². The average Bonchev–Trinajstić information content (AvgIpc) is 3.00. The molecule has 0 aliphatic carbocycles. The number of thioether (sulfide) groups is 2. The molecule has 0 aliphatic heterocycles. The smallest absolute Gasteiger partial charge is 0.373 e. The average molecular weight is 428 g/mol. The van der Waals surface area contributed by atoms with Gasteiger partial charge in [0.1, 0.15) is 0 Å². The number of thiol groups is 1. The lowest BCUT2D eigenvalue weighted by Gasteiger charge is -2.00. The van der Waals surface area contributed by atoms with E-state index in [-0.39, 0.29) is 23.2 Å². The van der Waals surface area contributed by atoms with Gasteiger partial charge in [-0.2, -0.15) is 9.59 Å². The molecule has 0 saturated carbocycles. The first kappa shape index (κ1) is 25.8. The van der Waals surface area contributed by atoms with Crippen LogP contribution in [0, 0.1) is 0 Å². The number of carbonyl (C=O) groups is 2. The standard InChI is InChI=1S/C6H7NO3S2.C6H10O2S2.CO2/c1-10-5(9)3-4(8)7-12-6(3)11-2;1-4(5(7)8-2)6(9)10-3;2-1-3/h1-2H3,(H,7,8);9H,1-3H3;/b;6-4-;. The molecular formula is C13H17NO7S4. The molecule has 8 nitrogen and oxygen atoms in total. The number of hydrogen-bond acceptors (Lipinski definition) is 11. The molecule has 0 radical (unpaired) electrons. The van der Waals surface area contributed by atoms with E-state index in [1.165, 1.54) is 37.7 Å². The van der Waals surface area contributed by atoms with Gasteiger partial charge >= 0.3 is 18.1 Å². The van der Waals surface area contributed by atoms with Crippen molar-refractivity contribution in [3.63, 3.8) is 0 Å². The third-order valence-corrected chi connectivity index (χ3v) is 5.83. The molecule has 0 unspecified atom stereocenters. The van der Waals surface area contributed by atoms with E-state index >= 15 is 0 Å². The first-order valence-electron chi connectivity index (χ1n) is 6.10. The topological polar surface area (TPSA) is 120 Å². The van der Waals surface area contributed by atoms with Crippen LogP contribution in [0.5, 0.6) is 0 Å². The lowest BCUT2D eigenvalue weighted by atomic mass is 10.4. The van der Waals surface area contributed by atoms with E-state index in [0.29, 0.717) is 14.0 Å². The molecule has 1 aromatic heterocycles. The minimum absolute atomic E-state index is 0.106. The Morgan fingerprint density at radius 1 is 1.20 bits per heavy atom. The second-order valence-electron chi connectivity index (χ2n) is 3.60. The lowest BCUT2D eigenvalue weighted by molar-refractivity contribution is -0.191. The third-order valence-electron chi connectivity index (χ3n) is 2.25. The lowest BCUT2D eigenvalue weighted by Crippen LogP contribution is -2.14. The van der Waals surface area contributed by atoms with E-state index in [1.807, 2.05) is 6.26 Å². The number of esters is 2. The molecule has 0 spiro atoms. The van der Waals surface area contributed by atoms with Gasteiger partial charge in [-0.15, -0.1) is 36.2 Å². The van der Waals surface area contributed by atoms with Crippen molar-refractivity contribution in [1.29, 1.82) is 0 Å². The van der Waals surface area contributed by atoms with Crippen LogP contribution in [0.25, 0.3) is 0 Å². The number of hydrogen-bond donors (Lipinski definition) is 2. The van der Waals surface area contributed by atoms with Crippen LogP contribution in [0.4, 0.5) is 0 Å². The van der Waals surface area contributed by atoms with Crippen LogP contribution >= 0.6 is 47.7 Å². The number of rotatable bonds is 4. The highest BCUT2D eigenvalue weighted by atomic mass is 32.2. The Hall–Kier alpha value is -1.46. The van der Waals surface area contributed by atoms with E-state index in [2.05, 4.69) is 26.5 Å². The Morgan fingerprint density at radius 2 is 1.72 bits per heavy atom. The zero-order valence-electron chi connectivity index (χ0n) is 14.0. The number of aromatic amines is 1. The molecule has 0 aliphatic rings. The van der Waals surface area contributed by atoms with Crippen molar-refractivity contribution in [2.24, 2.45) is 0 Å². The van der Waals surface area contributed by atoms with Gasteiger partial charge in [0.15, 0.2) is 5.56 Å². The first-order chi connectivity index (χ1) is 11.7. The monoisotopic (exact) mass is 427 g/mol. The molecule has 1 aromatic rings. The van der Waals surface area contributed by atoms with Crippen molar-refractivity contribution in [2.75, 3.05) is 26.7 Å². The Kier molecular flexibility index (Phi) is 15.3.